The van der Waals surface area contributed by atoms with E-state index in [0.29, 0.717) is 29.4 Å². The first-order chi connectivity index (χ1) is 10.0. The Hall–Kier alpha value is -1.78. The Labute approximate surface area is 124 Å². The first kappa shape index (κ1) is 14.2. The first-order valence-electron chi connectivity index (χ1n) is 7.69. The highest BCUT2D eigenvalue weighted by molar-refractivity contribution is 5.96. The molecule has 5 nitrogen and oxygen atoms in total. The molecule has 2 bridgehead atoms. The van der Waals surface area contributed by atoms with E-state index < -0.39 is 0 Å². The number of carbonyl (C=O) groups is 2. The Kier molecular flexibility index (Phi) is 3.74. The third-order valence-corrected chi connectivity index (χ3v) is 4.93. The van der Waals surface area contributed by atoms with Gasteiger partial charge in [-0.05, 0) is 56.9 Å². The largest absolute Gasteiger partial charge is 0.466 e. The summed E-state index contributed by atoms with van der Waals surface area (Å²) in [6.07, 6.45) is 5.58. The summed E-state index contributed by atoms with van der Waals surface area (Å²) in [5.74, 6) is 2.87. The van der Waals surface area contributed by atoms with Crippen LogP contribution in [0.25, 0.3) is 0 Å². The van der Waals surface area contributed by atoms with Gasteiger partial charge in [0.15, 0.2) is 0 Å². The summed E-state index contributed by atoms with van der Waals surface area (Å²) < 4.78 is 5.31. The van der Waals surface area contributed by atoms with E-state index in [1.165, 1.54) is 25.7 Å². The fourth-order valence-electron chi connectivity index (χ4n) is 3.97. The third-order valence-electron chi connectivity index (χ3n) is 4.93. The van der Waals surface area contributed by atoms with Crippen molar-refractivity contribution in [2.24, 2.45) is 17.8 Å². The second-order valence-electron chi connectivity index (χ2n) is 6.47. The molecule has 2 fully saturated rings. The molecular formula is C16H22N2O3. The van der Waals surface area contributed by atoms with Gasteiger partial charge in [0.2, 0.25) is 5.91 Å². The number of hydrogen-bond acceptors (Lipinski definition) is 3. The molecule has 0 unspecified atom stereocenters. The molecule has 2 saturated carbocycles. The van der Waals surface area contributed by atoms with Gasteiger partial charge in [0.25, 0.3) is 5.91 Å². The Morgan fingerprint density at radius 3 is 2.62 bits per heavy atom. The maximum Gasteiger partial charge on any atom is 0.273 e. The van der Waals surface area contributed by atoms with Gasteiger partial charge >= 0.3 is 0 Å². The molecule has 114 valence electrons. The number of amides is 2. The van der Waals surface area contributed by atoms with Gasteiger partial charge in [-0.15, -0.1) is 0 Å². The molecule has 5 heteroatoms. The van der Waals surface area contributed by atoms with E-state index in [1.807, 2.05) is 0 Å². The van der Waals surface area contributed by atoms with Crippen molar-refractivity contribution in [3.05, 3.63) is 23.2 Å². The van der Waals surface area contributed by atoms with E-state index in [4.69, 9.17) is 4.42 Å². The zero-order chi connectivity index (χ0) is 15.0. The molecule has 1 aromatic rings. The van der Waals surface area contributed by atoms with Crippen LogP contribution in [0.4, 0.5) is 0 Å². The molecule has 0 spiro atoms. The van der Waals surface area contributed by atoms with Crippen LogP contribution in [0.1, 0.15) is 54.0 Å². The van der Waals surface area contributed by atoms with Crippen molar-refractivity contribution >= 4 is 11.8 Å². The number of fused-ring (bicyclic) bond motifs is 2. The van der Waals surface area contributed by atoms with Crippen molar-refractivity contribution in [3.8, 4) is 0 Å². The van der Waals surface area contributed by atoms with Gasteiger partial charge in [-0.25, -0.2) is 0 Å². The van der Waals surface area contributed by atoms with E-state index in [9.17, 15) is 9.59 Å². The van der Waals surface area contributed by atoms with Crippen molar-refractivity contribution in [1.82, 2.24) is 10.9 Å². The number of aryl methyl sites for hydroxylation is 2. The summed E-state index contributed by atoms with van der Waals surface area (Å²) >= 11 is 0. The summed E-state index contributed by atoms with van der Waals surface area (Å²) in [5.41, 5.74) is 5.46. The van der Waals surface area contributed by atoms with Gasteiger partial charge < -0.3 is 4.42 Å². The van der Waals surface area contributed by atoms with Crippen LogP contribution < -0.4 is 10.9 Å². The Morgan fingerprint density at radius 1 is 1.24 bits per heavy atom. The third kappa shape index (κ3) is 2.96. The minimum Gasteiger partial charge on any atom is -0.466 e. The number of rotatable bonds is 3. The molecule has 2 amide bonds. The van der Waals surface area contributed by atoms with Crippen LogP contribution in [0.5, 0.6) is 0 Å². The molecule has 1 aromatic heterocycles. The van der Waals surface area contributed by atoms with Gasteiger partial charge in [0.1, 0.15) is 11.5 Å². The van der Waals surface area contributed by atoms with Crippen LogP contribution in [-0.2, 0) is 4.79 Å². The van der Waals surface area contributed by atoms with Crippen LogP contribution in [0.2, 0.25) is 0 Å². The maximum absolute atomic E-state index is 12.0. The lowest BCUT2D eigenvalue weighted by atomic mass is 9.86. The highest BCUT2D eigenvalue weighted by atomic mass is 16.3. The van der Waals surface area contributed by atoms with Crippen LogP contribution in [-0.4, -0.2) is 11.8 Å². The average molecular weight is 290 g/mol. The molecule has 3 atom stereocenters. The number of hydrazine groups is 1. The van der Waals surface area contributed by atoms with Crippen LogP contribution in [0.3, 0.4) is 0 Å². The fraction of sp³-hybridized carbons (Fsp3) is 0.625. The lowest BCUT2D eigenvalue weighted by Gasteiger charge is -2.20. The normalized spacial score (nSPS) is 26.9. The van der Waals surface area contributed by atoms with E-state index >= 15 is 0 Å². The number of nitrogens with one attached hydrogen (secondary N) is 2. The second kappa shape index (κ2) is 5.54. The van der Waals surface area contributed by atoms with Crippen molar-refractivity contribution in [3.63, 3.8) is 0 Å². The SMILES string of the molecule is Cc1cc(C(=O)NNC(=O)C[C@H]2C[C@H]3CC[C@H]2C3)c(C)o1. The monoisotopic (exact) mass is 290 g/mol. The number of carbonyl (C=O) groups excluding carboxylic acids is 2. The lowest BCUT2D eigenvalue weighted by Crippen LogP contribution is -2.42. The standard InChI is InChI=1S/C16H22N2O3/c1-9-5-14(10(2)21-9)16(20)18-17-15(19)8-13-7-11-3-4-12(13)6-11/h5,11-13H,3-4,6-8H2,1-2H3,(H,17,19)(H,18,20)/t11-,12-,13+/m0/s1. The highest BCUT2D eigenvalue weighted by Gasteiger charge is 2.40. The molecule has 2 aliphatic carbocycles. The minimum atomic E-state index is -0.328. The van der Waals surface area contributed by atoms with Gasteiger partial charge in [0.05, 0.1) is 5.56 Å². The predicted octanol–water partition coefficient (Wildman–Crippen LogP) is 2.48. The molecule has 0 saturated heterocycles. The summed E-state index contributed by atoms with van der Waals surface area (Å²) in [4.78, 5) is 23.9. The van der Waals surface area contributed by atoms with Crippen molar-refractivity contribution in [2.75, 3.05) is 0 Å². The van der Waals surface area contributed by atoms with Crippen molar-refractivity contribution in [1.29, 1.82) is 0 Å². The summed E-state index contributed by atoms with van der Waals surface area (Å²) in [5, 5.41) is 0. The fourth-order valence-corrected chi connectivity index (χ4v) is 3.97. The average Bonchev–Trinajstić information content (AvgIpc) is 3.11. The van der Waals surface area contributed by atoms with Crippen molar-refractivity contribution in [2.45, 2.75) is 46.0 Å². The number of hydrogen-bond donors (Lipinski definition) is 2. The van der Waals surface area contributed by atoms with E-state index in [0.717, 1.165) is 11.8 Å². The molecule has 3 rings (SSSR count). The van der Waals surface area contributed by atoms with Gasteiger partial charge in [-0.3, -0.25) is 20.4 Å². The van der Waals surface area contributed by atoms with Crippen LogP contribution in [0.15, 0.2) is 10.5 Å². The van der Waals surface area contributed by atoms with Crippen molar-refractivity contribution < 1.29 is 14.0 Å². The molecule has 1 heterocycles. The Bertz CT molecular complexity index is 564. The quantitative estimate of drug-likeness (QED) is 0.840. The zero-order valence-electron chi connectivity index (χ0n) is 12.6. The van der Waals surface area contributed by atoms with E-state index in [-0.39, 0.29) is 11.8 Å². The van der Waals surface area contributed by atoms with Gasteiger partial charge in [0, 0.05) is 6.42 Å². The first-order valence-corrected chi connectivity index (χ1v) is 7.69. The van der Waals surface area contributed by atoms with Gasteiger partial charge in [-0.1, -0.05) is 6.42 Å². The Balaban J connectivity index is 1.47. The number of furan rings is 1. The molecule has 0 radical (unpaired) electrons. The van der Waals surface area contributed by atoms with E-state index in [1.54, 1.807) is 19.9 Å². The second-order valence-corrected chi connectivity index (χ2v) is 6.47. The summed E-state index contributed by atoms with van der Waals surface area (Å²) in [6, 6.07) is 1.67. The van der Waals surface area contributed by atoms with E-state index in [2.05, 4.69) is 10.9 Å². The topological polar surface area (TPSA) is 71.3 Å². The molecule has 2 aliphatic rings. The molecular weight excluding hydrogens is 268 g/mol. The molecule has 2 N–H and O–H groups in total. The minimum absolute atomic E-state index is 0.0984. The molecule has 21 heavy (non-hydrogen) atoms. The smallest absolute Gasteiger partial charge is 0.273 e. The maximum atomic E-state index is 12.0. The molecule has 0 aromatic carbocycles. The van der Waals surface area contributed by atoms with Crippen LogP contribution >= 0.6 is 0 Å². The van der Waals surface area contributed by atoms with Gasteiger partial charge in [-0.2, -0.15) is 0 Å². The molecule has 0 aliphatic heterocycles. The van der Waals surface area contributed by atoms with Crippen LogP contribution in [0, 0.1) is 31.6 Å². The zero-order valence-corrected chi connectivity index (χ0v) is 12.6. The predicted molar refractivity (Wildman–Crippen MR) is 77.3 cm³/mol. The lowest BCUT2D eigenvalue weighted by molar-refractivity contribution is -0.123. The highest BCUT2D eigenvalue weighted by Crippen LogP contribution is 2.49. The summed E-state index contributed by atoms with van der Waals surface area (Å²) in [7, 11) is 0. The summed E-state index contributed by atoms with van der Waals surface area (Å²) in [6.45, 7) is 3.52. The Morgan fingerprint density at radius 2 is 2.05 bits per heavy atom.